The van der Waals surface area contributed by atoms with Crippen LogP contribution in [0.25, 0.3) is 11.1 Å². The SMILES string of the molecule is CS(=O)(=O)OC(=O)c1cc(OCCO)cc(-c2ccccc2)c1.N=C(N)N. The first-order chi connectivity index (χ1) is 12.6. The molecule has 27 heavy (non-hydrogen) atoms. The average Bonchev–Trinajstić information content (AvgIpc) is 2.58. The molecular weight excluding hydrogens is 374 g/mol. The van der Waals surface area contributed by atoms with E-state index in [9.17, 15) is 13.2 Å². The van der Waals surface area contributed by atoms with E-state index in [1.807, 2.05) is 30.3 Å². The summed E-state index contributed by atoms with van der Waals surface area (Å²) in [6, 6.07) is 13.8. The second-order valence-corrected chi connectivity index (χ2v) is 6.79. The van der Waals surface area contributed by atoms with Gasteiger partial charge in [-0.2, -0.15) is 8.42 Å². The van der Waals surface area contributed by atoms with Gasteiger partial charge in [-0.3, -0.25) is 5.41 Å². The van der Waals surface area contributed by atoms with Crippen molar-refractivity contribution in [1.82, 2.24) is 0 Å². The summed E-state index contributed by atoms with van der Waals surface area (Å²) >= 11 is 0. The summed E-state index contributed by atoms with van der Waals surface area (Å²) in [7, 11) is -3.91. The molecule has 9 nitrogen and oxygen atoms in total. The predicted octanol–water partition coefficient (Wildman–Crippen LogP) is 0.680. The van der Waals surface area contributed by atoms with Crippen molar-refractivity contribution in [2.45, 2.75) is 0 Å². The van der Waals surface area contributed by atoms with E-state index < -0.39 is 16.1 Å². The van der Waals surface area contributed by atoms with Crippen molar-refractivity contribution >= 4 is 22.0 Å². The van der Waals surface area contributed by atoms with E-state index in [2.05, 4.69) is 15.7 Å². The van der Waals surface area contributed by atoms with E-state index in [1.165, 1.54) is 12.1 Å². The summed E-state index contributed by atoms with van der Waals surface area (Å²) in [6.45, 7) is -0.127. The van der Waals surface area contributed by atoms with Crippen molar-refractivity contribution in [3.63, 3.8) is 0 Å². The van der Waals surface area contributed by atoms with E-state index >= 15 is 0 Å². The van der Waals surface area contributed by atoms with Gasteiger partial charge in [-0.1, -0.05) is 30.3 Å². The summed E-state index contributed by atoms with van der Waals surface area (Å²) in [4.78, 5) is 12.0. The van der Waals surface area contributed by atoms with E-state index in [-0.39, 0.29) is 24.7 Å². The lowest BCUT2D eigenvalue weighted by Crippen LogP contribution is -2.20. The molecule has 0 aromatic heterocycles. The molecule has 0 unspecified atom stereocenters. The number of hydrogen-bond acceptors (Lipinski definition) is 7. The zero-order valence-electron chi connectivity index (χ0n) is 14.6. The standard InChI is InChI=1S/C16H16O6S.CH5N3/c1-23(19,20)22-16(18)14-9-13(12-5-3-2-4-6-12)10-15(11-14)21-8-7-17;2-1(3)4/h2-6,9-11,17H,7-8H2,1H3;(H5,2,3,4). The van der Waals surface area contributed by atoms with Gasteiger partial charge >= 0.3 is 16.1 Å². The van der Waals surface area contributed by atoms with Crippen molar-refractivity contribution < 1.29 is 27.2 Å². The highest BCUT2D eigenvalue weighted by molar-refractivity contribution is 7.86. The van der Waals surface area contributed by atoms with Crippen molar-refractivity contribution in [2.24, 2.45) is 11.5 Å². The topological polar surface area (TPSA) is 166 Å². The Morgan fingerprint density at radius 2 is 1.70 bits per heavy atom. The minimum absolute atomic E-state index is 0.0460. The lowest BCUT2D eigenvalue weighted by molar-refractivity contribution is 0.0748. The summed E-state index contributed by atoms with van der Waals surface area (Å²) in [5.41, 5.74) is 10.5. The first-order valence-electron chi connectivity index (χ1n) is 7.60. The lowest BCUT2D eigenvalue weighted by atomic mass is 10.0. The number of benzene rings is 2. The second-order valence-electron chi connectivity index (χ2n) is 5.21. The maximum atomic E-state index is 12.0. The summed E-state index contributed by atoms with van der Waals surface area (Å²) in [5.74, 6) is -0.986. The van der Waals surface area contributed by atoms with E-state index in [0.717, 1.165) is 11.8 Å². The molecule has 0 bridgehead atoms. The third-order valence-corrected chi connectivity index (χ3v) is 3.29. The van der Waals surface area contributed by atoms with Gasteiger partial charge in [0, 0.05) is 0 Å². The Morgan fingerprint density at radius 3 is 2.22 bits per heavy atom. The molecule has 0 saturated heterocycles. The first-order valence-corrected chi connectivity index (χ1v) is 9.41. The molecule has 2 rings (SSSR count). The van der Waals surface area contributed by atoms with Gasteiger partial charge in [-0.15, -0.1) is 0 Å². The number of nitrogens with one attached hydrogen (secondary N) is 1. The van der Waals surface area contributed by atoms with Gasteiger partial charge in [0.05, 0.1) is 18.4 Å². The number of ether oxygens (including phenoxy) is 1. The normalized spacial score (nSPS) is 10.3. The van der Waals surface area contributed by atoms with Gasteiger partial charge < -0.3 is 25.5 Å². The number of rotatable bonds is 6. The molecule has 10 heteroatoms. The number of nitrogens with two attached hydrogens (primary N) is 2. The molecule has 146 valence electrons. The summed E-state index contributed by atoms with van der Waals surface area (Å²) < 4.78 is 32.0. The van der Waals surface area contributed by atoms with Crippen molar-refractivity contribution in [1.29, 1.82) is 5.41 Å². The van der Waals surface area contributed by atoms with Crippen LogP contribution in [0.5, 0.6) is 5.75 Å². The minimum atomic E-state index is -3.91. The van der Waals surface area contributed by atoms with Gasteiger partial charge in [0.1, 0.15) is 12.4 Å². The highest BCUT2D eigenvalue weighted by Crippen LogP contribution is 2.26. The number of carbonyl (C=O) groups is 1. The highest BCUT2D eigenvalue weighted by Gasteiger charge is 2.16. The number of carbonyl (C=O) groups excluding carboxylic acids is 1. The number of aliphatic hydroxyl groups excluding tert-OH is 1. The van der Waals surface area contributed by atoms with Crippen LogP contribution < -0.4 is 16.2 Å². The zero-order chi connectivity index (χ0) is 20.4. The maximum Gasteiger partial charge on any atom is 0.353 e. The van der Waals surface area contributed by atoms with Crippen molar-refractivity contribution in [3.8, 4) is 16.9 Å². The Kier molecular flexibility index (Phi) is 8.24. The molecule has 0 aliphatic rings. The van der Waals surface area contributed by atoms with Gasteiger partial charge in [0.2, 0.25) is 0 Å². The average molecular weight is 395 g/mol. The molecule has 0 fully saturated rings. The Morgan fingerprint density at radius 1 is 1.11 bits per heavy atom. The monoisotopic (exact) mass is 395 g/mol. The molecule has 2 aromatic rings. The van der Waals surface area contributed by atoms with Gasteiger partial charge in [0.25, 0.3) is 0 Å². The lowest BCUT2D eigenvalue weighted by Gasteiger charge is -2.10. The van der Waals surface area contributed by atoms with Crippen LogP contribution in [0.1, 0.15) is 10.4 Å². The first kappa shape index (κ1) is 21.9. The second kappa shape index (κ2) is 10.1. The number of guanidine groups is 1. The summed E-state index contributed by atoms with van der Waals surface area (Å²) in [5, 5.41) is 14.9. The quantitative estimate of drug-likeness (QED) is 0.315. The van der Waals surface area contributed by atoms with Gasteiger partial charge in [0.15, 0.2) is 5.96 Å². The molecule has 0 radical (unpaired) electrons. The third kappa shape index (κ3) is 8.70. The van der Waals surface area contributed by atoms with Gasteiger partial charge in [-0.05, 0) is 29.3 Å². The molecule has 0 aliphatic carbocycles. The molecule has 0 spiro atoms. The molecule has 2 aromatic carbocycles. The van der Waals surface area contributed by atoms with Crippen LogP contribution in [0.15, 0.2) is 48.5 Å². The Labute approximate surface area is 157 Å². The van der Waals surface area contributed by atoms with E-state index in [1.54, 1.807) is 6.07 Å². The number of aliphatic hydroxyl groups is 1. The Hall–Kier alpha value is -3.11. The molecule has 0 atom stereocenters. The molecule has 0 saturated carbocycles. The van der Waals surface area contributed by atoms with Gasteiger partial charge in [-0.25, -0.2) is 4.79 Å². The highest BCUT2D eigenvalue weighted by atomic mass is 32.2. The Bertz CT molecular complexity index is 881. The van der Waals surface area contributed by atoms with Crippen LogP contribution in [-0.2, 0) is 14.3 Å². The fourth-order valence-electron chi connectivity index (χ4n) is 1.95. The minimum Gasteiger partial charge on any atom is -0.491 e. The zero-order valence-corrected chi connectivity index (χ0v) is 15.4. The van der Waals surface area contributed by atoms with E-state index in [4.69, 9.17) is 15.3 Å². The fourth-order valence-corrected chi connectivity index (χ4v) is 2.32. The van der Waals surface area contributed by atoms with Crippen LogP contribution in [0.2, 0.25) is 0 Å². The molecule has 0 heterocycles. The van der Waals surface area contributed by atoms with Crippen LogP contribution >= 0.6 is 0 Å². The molecule has 0 amide bonds. The largest absolute Gasteiger partial charge is 0.491 e. The Balaban J connectivity index is 0.000000828. The van der Waals surface area contributed by atoms with E-state index in [0.29, 0.717) is 11.3 Å². The smallest absolute Gasteiger partial charge is 0.353 e. The van der Waals surface area contributed by atoms with Crippen LogP contribution in [0.3, 0.4) is 0 Å². The predicted molar refractivity (Wildman–Crippen MR) is 101 cm³/mol. The fraction of sp³-hybridized carbons (Fsp3) is 0.176. The maximum absolute atomic E-state index is 12.0. The summed E-state index contributed by atoms with van der Waals surface area (Å²) in [6.07, 6.45) is 0.801. The van der Waals surface area contributed by atoms with Crippen LogP contribution in [-0.4, -0.2) is 44.9 Å². The van der Waals surface area contributed by atoms with Crippen molar-refractivity contribution in [2.75, 3.05) is 19.5 Å². The van der Waals surface area contributed by atoms with Crippen molar-refractivity contribution in [3.05, 3.63) is 54.1 Å². The number of hydrogen-bond donors (Lipinski definition) is 4. The van der Waals surface area contributed by atoms with Crippen LogP contribution in [0.4, 0.5) is 0 Å². The molecular formula is C17H21N3O6S. The molecule has 6 N–H and O–H groups in total. The van der Waals surface area contributed by atoms with Crippen LogP contribution in [0, 0.1) is 5.41 Å². The molecule has 0 aliphatic heterocycles. The third-order valence-electron chi connectivity index (χ3n) is 2.84.